The third-order valence-electron chi connectivity index (χ3n) is 3.85. The second-order valence-corrected chi connectivity index (χ2v) is 6.17. The van der Waals surface area contributed by atoms with Crippen LogP contribution in [0.15, 0.2) is 12.1 Å². The van der Waals surface area contributed by atoms with E-state index in [1.54, 1.807) is 0 Å². The minimum absolute atomic E-state index is 0.439. The standard InChI is InChI=1S/C15H24ClN3/c1-11(2)14-7-12(9-16)8-15(17-14)19-6-5-13(10-19)18(3)4/h7-8,11,13H,5-6,9-10H2,1-4H3. The molecule has 19 heavy (non-hydrogen) atoms. The van der Waals surface area contributed by atoms with Gasteiger partial charge in [0, 0.05) is 30.7 Å². The van der Waals surface area contributed by atoms with Crippen molar-refractivity contribution >= 4 is 17.4 Å². The molecular weight excluding hydrogens is 258 g/mol. The quantitative estimate of drug-likeness (QED) is 0.791. The molecule has 0 bridgehead atoms. The molecule has 1 atom stereocenters. The van der Waals surface area contributed by atoms with Gasteiger partial charge in [-0.25, -0.2) is 4.98 Å². The lowest BCUT2D eigenvalue weighted by Gasteiger charge is -2.22. The van der Waals surface area contributed by atoms with Crippen molar-refractivity contribution in [3.63, 3.8) is 0 Å². The topological polar surface area (TPSA) is 19.4 Å². The smallest absolute Gasteiger partial charge is 0.129 e. The zero-order valence-electron chi connectivity index (χ0n) is 12.4. The molecule has 0 aromatic carbocycles. The van der Waals surface area contributed by atoms with Gasteiger partial charge in [-0.1, -0.05) is 13.8 Å². The zero-order valence-corrected chi connectivity index (χ0v) is 13.1. The molecule has 1 saturated heterocycles. The fourth-order valence-corrected chi connectivity index (χ4v) is 2.65. The lowest BCUT2D eigenvalue weighted by Crippen LogP contribution is -2.31. The average Bonchev–Trinajstić information content (AvgIpc) is 2.87. The molecule has 0 radical (unpaired) electrons. The van der Waals surface area contributed by atoms with Gasteiger partial charge in [0.15, 0.2) is 0 Å². The third-order valence-corrected chi connectivity index (χ3v) is 4.16. The molecule has 1 aliphatic rings. The van der Waals surface area contributed by atoms with E-state index in [0.29, 0.717) is 17.8 Å². The molecule has 0 saturated carbocycles. The van der Waals surface area contributed by atoms with Crippen LogP contribution in [-0.4, -0.2) is 43.1 Å². The van der Waals surface area contributed by atoms with Crippen LogP contribution in [0.3, 0.4) is 0 Å². The van der Waals surface area contributed by atoms with Gasteiger partial charge in [0.25, 0.3) is 0 Å². The number of halogens is 1. The Morgan fingerprint density at radius 3 is 2.68 bits per heavy atom. The maximum absolute atomic E-state index is 6.01. The molecular formula is C15H24ClN3. The van der Waals surface area contributed by atoms with Gasteiger partial charge in [-0.3, -0.25) is 0 Å². The summed E-state index contributed by atoms with van der Waals surface area (Å²) in [5.41, 5.74) is 2.31. The van der Waals surface area contributed by atoms with E-state index in [1.807, 2.05) is 0 Å². The first-order valence-corrected chi connectivity index (χ1v) is 7.53. The van der Waals surface area contributed by atoms with Crippen LogP contribution >= 0.6 is 11.6 Å². The number of pyridine rings is 1. The summed E-state index contributed by atoms with van der Waals surface area (Å²) in [5.74, 6) is 2.08. The first-order valence-electron chi connectivity index (χ1n) is 6.99. The van der Waals surface area contributed by atoms with Crippen LogP contribution in [0, 0.1) is 0 Å². The summed E-state index contributed by atoms with van der Waals surface area (Å²) in [4.78, 5) is 9.49. The van der Waals surface area contributed by atoms with Gasteiger partial charge in [-0.15, -0.1) is 11.6 Å². The first-order chi connectivity index (χ1) is 9.01. The lowest BCUT2D eigenvalue weighted by molar-refractivity contribution is 0.315. The predicted molar refractivity (Wildman–Crippen MR) is 82.2 cm³/mol. The molecule has 3 nitrogen and oxygen atoms in total. The van der Waals surface area contributed by atoms with Crippen molar-refractivity contribution in [2.75, 3.05) is 32.1 Å². The summed E-state index contributed by atoms with van der Waals surface area (Å²) in [7, 11) is 4.30. The maximum atomic E-state index is 6.01. The number of aromatic nitrogens is 1. The Kier molecular flexibility index (Phi) is 4.69. The van der Waals surface area contributed by atoms with Crippen LogP contribution in [0.25, 0.3) is 0 Å². The van der Waals surface area contributed by atoms with Crippen molar-refractivity contribution in [1.82, 2.24) is 9.88 Å². The van der Waals surface area contributed by atoms with Crippen molar-refractivity contribution < 1.29 is 0 Å². The monoisotopic (exact) mass is 281 g/mol. The van der Waals surface area contributed by atoms with Crippen LogP contribution in [0.5, 0.6) is 0 Å². The fraction of sp³-hybridized carbons (Fsp3) is 0.667. The first kappa shape index (κ1) is 14.6. The van der Waals surface area contributed by atoms with Crippen molar-refractivity contribution in [2.24, 2.45) is 0 Å². The van der Waals surface area contributed by atoms with E-state index in [0.717, 1.165) is 24.6 Å². The lowest BCUT2D eigenvalue weighted by atomic mass is 10.1. The van der Waals surface area contributed by atoms with Crippen LogP contribution in [0.2, 0.25) is 0 Å². The Bertz CT molecular complexity index is 431. The summed E-state index contributed by atoms with van der Waals surface area (Å²) < 4.78 is 0. The predicted octanol–water partition coefficient (Wildman–Crippen LogP) is 3.08. The Balaban J connectivity index is 2.22. The van der Waals surface area contributed by atoms with Crippen LogP contribution in [0.4, 0.5) is 5.82 Å². The highest BCUT2D eigenvalue weighted by Crippen LogP contribution is 2.25. The minimum Gasteiger partial charge on any atom is -0.355 e. The number of alkyl halides is 1. The molecule has 4 heteroatoms. The fourth-order valence-electron chi connectivity index (χ4n) is 2.50. The average molecular weight is 282 g/mol. The molecule has 1 aromatic heterocycles. The van der Waals surface area contributed by atoms with E-state index in [9.17, 15) is 0 Å². The van der Waals surface area contributed by atoms with Gasteiger partial charge in [0.1, 0.15) is 5.82 Å². The molecule has 1 fully saturated rings. The molecule has 1 aliphatic heterocycles. The highest BCUT2D eigenvalue weighted by molar-refractivity contribution is 6.17. The van der Waals surface area contributed by atoms with Gasteiger partial charge in [0.05, 0.1) is 0 Å². The van der Waals surface area contributed by atoms with Crippen molar-refractivity contribution in [3.8, 4) is 0 Å². The second-order valence-electron chi connectivity index (χ2n) is 5.90. The third kappa shape index (κ3) is 3.40. The van der Waals surface area contributed by atoms with E-state index in [2.05, 4.69) is 49.9 Å². The van der Waals surface area contributed by atoms with Crippen LogP contribution in [0.1, 0.15) is 37.4 Å². The summed E-state index contributed by atoms with van der Waals surface area (Å²) in [5, 5.41) is 0. The molecule has 0 aliphatic carbocycles. The summed E-state index contributed by atoms with van der Waals surface area (Å²) in [6.45, 7) is 6.50. The van der Waals surface area contributed by atoms with E-state index < -0.39 is 0 Å². The number of hydrogen-bond acceptors (Lipinski definition) is 3. The zero-order chi connectivity index (χ0) is 14.0. The minimum atomic E-state index is 0.439. The van der Waals surface area contributed by atoms with E-state index >= 15 is 0 Å². The van der Waals surface area contributed by atoms with Crippen LogP contribution < -0.4 is 4.90 Å². The van der Waals surface area contributed by atoms with Gasteiger partial charge in [-0.2, -0.15) is 0 Å². The number of hydrogen-bond donors (Lipinski definition) is 0. The second kappa shape index (κ2) is 6.10. The Hall–Kier alpha value is -0.800. The van der Waals surface area contributed by atoms with E-state index in [4.69, 9.17) is 16.6 Å². The molecule has 106 valence electrons. The molecule has 0 N–H and O–H groups in total. The van der Waals surface area contributed by atoms with E-state index in [1.165, 1.54) is 12.0 Å². The number of nitrogens with zero attached hydrogens (tertiary/aromatic N) is 3. The number of likely N-dealkylation sites (N-methyl/N-ethyl adjacent to an activating group) is 1. The molecule has 2 heterocycles. The van der Waals surface area contributed by atoms with Crippen molar-refractivity contribution in [1.29, 1.82) is 0 Å². The van der Waals surface area contributed by atoms with Gasteiger partial charge in [-0.05, 0) is 44.1 Å². The van der Waals surface area contributed by atoms with Gasteiger partial charge in [0.2, 0.25) is 0 Å². The number of rotatable bonds is 4. The highest BCUT2D eigenvalue weighted by Gasteiger charge is 2.25. The SMILES string of the molecule is CC(C)c1cc(CCl)cc(N2CCC(N(C)C)C2)n1. The Morgan fingerprint density at radius 1 is 1.42 bits per heavy atom. The van der Waals surface area contributed by atoms with Crippen LogP contribution in [-0.2, 0) is 5.88 Å². The number of anilines is 1. The summed E-state index contributed by atoms with van der Waals surface area (Å²) in [6, 6.07) is 4.89. The van der Waals surface area contributed by atoms with Crippen molar-refractivity contribution in [2.45, 2.75) is 38.1 Å². The maximum Gasteiger partial charge on any atom is 0.129 e. The molecule has 0 amide bonds. The van der Waals surface area contributed by atoms with Gasteiger partial charge >= 0.3 is 0 Å². The largest absolute Gasteiger partial charge is 0.355 e. The molecule has 2 rings (SSSR count). The summed E-state index contributed by atoms with van der Waals surface area (Å²) in [6.07, 6.45) is 1.21. The highest BCUT2D eigenvalue weighted by atomic mass is 35.5. The summed E-state index contributed by atoms with van der Waals surface area (Å²) >= 11 is 6.01. The molecule has 1 unspecified atom stereocenters. The normalized spacial score (nSPS) is 19.7. The van der Waals surface area contributed by atoms with Crippen molar-refractivity contribution in [3.05, 3.63) is 23.4 Å². The Labute approximate surface area is 121 Å². The Morgan fingerprint density at radius 2 is 2.16 bits per heavy atom. The molecule has 0 spiro atoms. The molecule has 1 aromatic rings. The van der Waals surface area contributed by atoms with Gasteiger partial charge < -0.3 is 9.80 Å². The van der Waals surface area contributed by atoms with E-state index in [-0.39, 0.29) is 0 Å².